The van der Waals surface area contributed by atoms with Crippen LogP contribution < -0.4 is 15.4 Å². The summed E-state index contributed by atoms with van der Waals surface area (Å²) in [6.07, 6.45) is 0.972. The normalized spacial score (nSPS) is 12.5. The molecule has 4 nitrogen and oxygen atoms in total. The molecule has 0 radical (unpaired) electrons. The Morgan fingerprint density at radius 1 is 1.29 bits per heavy atom. The Morgan fingerprint density at radius 2 is 2.14 bits per heavy atom. The Morgan fingerprint density at radius 3 is 2.95 bits per heavy atom. The maximum absolute atomic E-state index is 12.4. The lowest BCUT2D eigenvalue weighted by Gasteiger charge is -2.10. The van der Waals surface area contributed by atoms with E-state index >= 15 is 0 Å². The number of carbonyl (C=O) groups excluding carboxylic acids is 1. The third-order valence-corrected chi connectivity index (χ3v) is 3.71. The monoisotopic (exact) mass is 302 g/mol. The lowest BCUT2D eigenvalue weighted by atomic mass is 10.1. The Balaban J connectivity index is 1.85. The van der Waals surface area contributed by atoms with Crippen LogP contribution in [-0.2, 0) is 6.42 Å². The molecule has 1 aliphatic rings. The molecule has 2 N–H and O–H groups in total. The van der Waals surface area contributed by atoms with Gasteiger partial charge in [0.2, 0.25) is 0 Å². The lowest BCUT2D eigenvalue weighted by molar-refractivity contribution is 0.102. The van der Waals surface area contributed by atoms with Gasteiger partial charge >= 0.3 is 0 Å². The van der Waals surface area contributed by atoms with E-state index in [1.807, 2.05) is 18.2 Å². The first kappa shape index (κ1) is 13.8. The van der Waals surface area contributed by atoms with Gasteiger partial charge in [0.25, 0.3) is 5.91 Å². The molecule has 0 bridgehead atoms. The predicted molar refractivity (Wildman–Crippen MR) is 84.6 cm³/mol. The first-order chi connectivity index (χ1) is 10.2. The van der Waals surface area contributed by atoms with Crippen molar-refractivity contribution in [3.8, 4) is 5.75 Å². The number of carbonyl (C=O) groups is 1. The molecule has 0 unspecified atom stereocenters. The number of fused-ring (bicyclic) bond motifs is 1. The van der Waals surface area contributed by atoms with Crippen molar-refractivity contribution in [3.05, 3.63) is 52.5 Å². The van der Waals surface area contributed by atoms with Crippen molar-refractivity contribution < 1.29 is 9.53 Å². The Labute approximate surface area is 128 Å². The average Bonchev–Trinajstić information content (AvgIpc) is 2.94. The zero-order chi connectivity index (χ0) is 14.8. The molecule has 108 valence electrons. The number of hydrogen-bond acceptors (Lipinski definition) is 3. The SMILES string of the molecule is COc1ccc(Cl)cc1C(=O)Nc1ccc2c(c1)CCN2. The van der Waals surface area contributed by atoms with Crippen LogP contribution >= 0.6 is 11.6 Å². The van der Waals surface area contributed by atoms with Crippen LogP contribution in [0.3, 0.4) is 0 Å². The van der Waals surface area contributed by atoms with E-state index in [2.05, 4.69) is 10.6 Å². The Bertz CT molecular complexity index is 701. The molecule has 5 heteroatoms. The topological polar surface area (TPSA) is 50.4 Å². The molecule has 2 aromatic carbocycles. The summed E-state index contributed by atoms with van der Waals surface area (Å²) in [5.41, 5.74) is 3.53. The number of ether oxygens (including phenoxy) is 1. The van der Waals surface area contributed by atoms with Gasteiger partial charge in [-0.15, -0.1) is 0 Å². The smallest absolute Gasteiger partial charge is 0.259 e. The van der Waals surface area contributed by atoms with Gasteiger partial charge in [-0.1, -0.05) is 11.6 Å². The molecule has 0 atom stereocenters. The molecular weight excluding hydrogens is 288 g/mol. The van der Waals surface area contributed by atoms with Gasteiger partial charge in [0.15, 0.2) is 0 Å². The van der Waals surface area contributed by atoms with Gasteiger partial charge in [-0.3, -0.25) is 4.79 Å². The van der Waals surface area contributed by atoms with Crippen LogP contribution in [0.4, 0.5) is 11.4 Å². The quantitative estimate of drug-likeness (QED) is 0.911. The van der Waals surface area contributed by atoms with Crippen molar-refractivity contribution in [3.63, 3.8) is 0 Å². The fraction of sp³-hybridized carbons (Fsp3) is 0.188. The van der Waals surface area contributed by atoms with Crippen molar-refractivity contribution >= 4 is 28.9 Å². The zero-order valence-corrected chi connectivity index (χ0v) is 12.3. The molecule has 21 heavy (non-hydrogen) atoms. The molecule has 0 saturated heterocycles. The molecule has 0 spiro atoms. The minimum atomic E-state index is -0.236. The molecular formula is C16H15ClN2O2. The van der Waals surface area contributed by atoms with E-state index in [1.54, 1.807) is 18.2 Å². The highest BCUT2D eigenvalue weighted by Gasteiger charge is 2.15. The van der Waals surface area contributed by atoms with Crippen molar-refractivity contribution in [1.29, 1.82) is 0 Å². The molecule has 0 saturated carbocycles. The van der Waals surface area contributed by atoms with Gasteiger partial charge in [0.1, 0.15) is 5.75 Å². The standard InChI is InChI=1S/C16H15ClN2O2/c1-21-15-5-2-11(17)9-13(15)16(20)19-12-3-4-14-10(8-12)6-7-18-14/h2-5,8-9,18H,6-7H2,1H3,(H,19,20). The largest absolute Gasteiger partial charge is 0.496 e. The third kappa shape index (κ3) is 2.81. The summed E-state index contributed by atoms with van der Waals surface area (Å²) in [6.45, 7) is 0.939. The van der Waals surface area contributed by atoms with Crippen LogP contribution in [-0.4, -0.2) is 19.6 Å². The van der Waals surface area contributed by atoms with Crippen molar-refractivity contribution in [2.24, 2.45) is 0 Å². The van der Waals surface area contributed by atoms with Crippen LogP contribution in [0.15, 0.2) is 36.4 Å². The second-order valence-electron chi connectivity index (χ2n) is 4.85. The summed E-state index contributed by atoms with van der Waals surface area (Å²) >= 11 is 5.95. The predicted octanol–water partition coefficient (Wildman–Crippen LogP) is 3.57. The zero-order valence-electron chi connectivity index (χ0n) is 11.6. The number of hydrogen-bond donors (Lipinski definition) is 2. The van der Waals surface area contributed by atoms with Gasteiger partial charge < -0.3 is 15.4 Å². The van der Waals surface area contributed by atoms with E-state index in [1.165, 1.54) is 12.7 Å². The molecule has 1 amide bonds. The molecule has 0 fully saturated rings. The highest BCUT2D eigenvalue weighted by Crippen LogP contribution is 2.27. The minimum absolute atomic E-state index is 0.236. The van der Waals surface area contributed by atoms with Crippen LogP contribution in [0, 0.1) is 0 Å². The number of nitrogens with one attached hydrogen (secondary N) is 2. The minimum Gasteiger partial charge on any atom is -0.496 e. The summed E-state index contributed by atoms with van der Waals surface area (Å²) in [6, 6.07) is 10.8. The van der Waals surface area contributed by atoms with E-state index in [0.29, 0.717) is 16.3 Å². The second kappa shape index (κ2) is 5.66. The molecule has 3 rings (SSSR count). The van der Waals surface area contributed by atoms with Gasteiger partial charge in [-0.2, -0.15) is 0 Å². The van der Waals surface area contributed by atoms with Gasteiger partial charge in [0.05, 0.1) is 12.7 Å². The maximum Gasteiger partial charge on any atom is 0.259 e. The summed E-state index contributed by atoms with van der Waals surface area (Å²) in [5, 5.41) is 6.67. The number of halogens is 1. The second-order valence-corrected chi connectivity index (χ2v) is 5.28. The van der Waals surface area contributed by atoms with Crippen molar-refractivity contribution in [2.45, 2.75) is 6.42 Å². The number of amides is 1. The van der Waals surface area contributed by atoms with Gasteiger partial charge in [0, 0.05) is 22.9 Å². The summed E-state index contributed by atoms with van der Waals surface area (Å²) < 4.78 is 5.20. The van der Waals surface area contributed by atoms with Gasteiger partial charge in [-0.25, -0.2) is 0 Å². The fourth-order valence-electron chi connectivity index (χ4n) is 2.44. The van der Waals surface area contributed by atoms with Crippen LogP contribution in [0.2, 0.25) is 5.02 Å². The van der Waals surface area contributed by atoms with E-state index in [0.717, 1.165) is 24.3 Å². The Kier molecular flexibility index (Phi) is 3.71. The first-order valence-corrected chi connectivity index (χ1v) is 7.07. The van der Waals surface area contributed by atoms with Crippen LogP contribution in [0.5, 0.6) is 5.75 Å². The lowest BCUT2D eigenvalue weighted by Crippen LogP contribution is -2.13. The number of anilines is 2. The molecule has 1 heterocycles. The Hall–Kier alpha value is -2.20. The molecule has 1 aliphatic heterocycles. The number of rotatable bonds is 3. The summed E-state index contributed by atoms with van der Waals surface area (Å²) in [5.74, 6) is 0.264. The van der Waals surface area contributed by atoms with E-state index in [4.69, 9.17) is 16.3 Å². The maximum atomic E-state index is 12.4. The van der Waals surface area contributed by atoms with Gasteiger partial charge in [-0.05, 0) is 48.4 Å². The molecule has 2 aromatic rings. The molecule has 0 aromatic heterocycles. The van der Waals surface area contributed by atoms with E-state index in [9.17, 15) is 4.79 Å². The first-order valence-electron chi connectivity index (χ1n) is 6.69. The van der Waals surface area contributed by atoms with E-state index < -0.39 is 0 Å². The summed E-state index contributed by atoms with van der Waals surface area (Å²) in [7, 11) is 1.53. The van der Waals surface area contributed by atoms with E-state index in [-0.39, 0.29) is 5.91 Å². The third-order valence-electron chi connectivity index (χ3n) is 3.48. The van der Waals surface area contributed by atoms with Crippen molar-refractivity contribution in [2.75, 3.05) is 24.3 Å². The highest BCUT2D eigenvalue weighted by molar-refractivity contribution is 6.31. The van der Waals surface area contributed by atoms with Crippen LogP contribution in [0.1, 0.15) is 15.9 Å². The highest BCUT2D eigenvalue weighted by atomic mass is 35.5. The summed E-state index contributed by atoms with van der Waals surface area (Å²) in [4.78, 5) is 12.4. The van der Waals surface area contributed by atoms with Crippen molar-refractivity contribution in [1.82, 2.24) is 0 Å². The average molecular weight is 303 g/mol. The fourth-order valence-corrected chi connectivity index (χ4v) is 2.61. The number of methoxy groups -OCH3 is 1. The molecule has 0 aliphatic carbocycles. The number of benzene rings is 2. The van der Waals surface area contributed by atoms with Crippen LogP contribution in [0.25, 0.3) is 0 Å².